The Kier molecular flexibility index (Phi) is 4.30. The van der Waals surface area contributed by atoms with Crippen LogP contribution in [-0.2, 0) is 11.3 Å². The first-order chi connectivity index (χ1) is 8.66. The SMILES string of the molecule is CC(N)C1CCN(C(=O)CCn2cncn2)CC1. The van der Waals surface area contributed by atoms with Gasteiger partial charge in [-0.05, 0) is 25.7 Å². The topological polar surface area (TPSA) is 77.0 Å². The molecule has 2 rings (SSSR count). The summed E-state index contributed by atoms with van der Waals surface area (Å²) in [6, 6.07) is 0.234. The van der Waals surface area contributed by atoms with Crippen molar-refractivity contribution in [2.24, 2.45) is 11.7 Å². The molecule has 0 bridgehead atoms. The van der Waals surface area contributed by atoms with Crippen LogP contribution in [0.1, 0.15) is 26.2 Å². The van der Waals surface area contributed by atoms with Gasteiger partial charge < -0.3 is 10.6 Å². The Morgan fingerprint density at radius 1 is 1.50 bits per heavy atom. The fourth-order valence-electron chi connectivity index (χ4n) is 2.39. The van der Waals surface area contributed by atoms with E-state index < -0.39 is 0 Å². The molecule has 1 saturated heterocycles. The summed E-state index contributed by atoms with van der Waals surface area (Å²) >= 11 is 0. The molecule has 0 aliphatic carbocycles. The molecule has 2 heterocycles. The van der Waals surface area contributed by atoms with E-state index >= 15 is 0 Å². The first-order valence-electron chi connectivity index (χ1n) is 6.52. The minimum Gasteiger partial charge on any atom is -0.343 e. The summed E-state index contributed by atoms with van der Waals surface area (Å²) in [5.74, 6) is 0.762. The van der Waals surface area contributed by atoms with Gasteiger partial charge in [0.05, 0.1) is 6.54 Å². The summed E-state index contributed by atoms with van der Waals surface area (Å²) in [4.78, 5) is 17.8. The summed E-state index contributed by atoms with van der Waals surface area (Å²) in [6.45, 7) is 4.32. The van der Waals surface area contributed by atoms with Crippen LogP contribution in [-0.4, -0.2) is 44.7 Å². The number of nitrogens with zero attached hydrogens (tertiary/aromatic N) is 4. The van der Waals surface area contributed by atoms with E-state index in [1.807, 2.05) is 11.8 Å². The third-order valence-corrected chi connectivity index (χ3v) is 3.66. The average Bonchev–Trinajstić information content (AvgIpc) is 2.89. The number of carbonyl (C=O) groups excluding carboxylic acids is 1. The summed E-state index contributed by atoms with van der Waals surface area (Å²) in [5, 5.41) is 3.99. The first-order valence-corrected chi connectivity index (χ1v) is 6.52. The van der Waals surface area contributed by atoms with Crippen molar-refractivity contribution in [3.8, 4) is 0 Å². The van der Waals surface area contributed by atoms with Crippen molar-refractivity contribution in [3.63, 3.8) is 0 Å². The second kappa shape index (κ2) is 5.95. The second-order valence-corrected chi connectivity index (χ2v) is 4.99. The maximum absolute atomic E-state index is 12.0. The molecule has 0 aromatic carbocycles. The number of aryl methyl sites for hydroxylation is 1. The largest absolute Gasteiger partial charge is 0.343 e. The molecule has 0 saturated carbocycles. The predicted octanol–water partition coefficient (Wildman–Crippen LogP) is 0.254. The van der Waals surface area contributed by atoms with E-state index in [0.717, 1.165) is 25.9 Å². The van der Waals surface area contributed by atoms with Gasteiger partial charge in [0.15, 0.2) is 0 Å². The van der Waals surface area contributed by atoms with Gasteiger partial charge in [0.2, 0.25) is 5.91 Å². The molecule has 1 aliphatic heterocycles. The smallest absolute Gasteiger partial charge is 0.224 e. The maximum Gasteiger partial charge on any atom is 0.224 e. The number of rotatable bonds is 4. The monoisotopic (exact) mass is 251 g/mol. The molecule has 6 heteroatoms. The Morgan fingerprint density at radius 2 is 2.22 bits per heavy atom. The zero-order valence-electron chi connectivity index (χ0n) is 10.8. The van der Waals surface area contributed by atoms with E-state index in [0.29, 0.717) is 18.9 Å². The minimum atomic E-state index is 0.202. The fourth-order valence-corrected chi connectivity index (χ4v) is 2.39. The highest BCUT2D eigenvalue weighted by molar-refractivity contribution is 5.76. The number of amides is 1. The molecule has 1 amide bonds. The number of hydrogen-bond acceptors (Lipinski definition) is 4. The third kappa shape index (κ3) is 3.29. The van der Waals surface area contributed by atoms with Crippen molar-refractivity contribution in [2.75, 3.05) is 13.1 Å². The Morgan fingerprint density at radius 3 is 2.78 bits per heavy atom. The van der Waals surface area contributed by atoms with Crippen LogP contribution in [0.15, 0.2) is 12.7 Å². The van der Waals surface area contributed by atoms with Gasteiger partial charge in [-0.2, -0.15) is 5.10 Å². The number of piperidine rings is 1. The lowest BCUT2D eigenvalue weighted by Gasteiger charge is -2.33. The molecule has 6 nitrogen and oxygen atoms in total. The average molecular weight is 251 g/mol. The lowest BCUT2D eigenvalue weighted by molar-refractivity contribution is -0.132. The normalized spacial score (nSPS) is 18.9. The van der Waals surface area contributed by atoms with E-state index in [9.17, 15) is 4.79 Å². The molecule has 1 unspecified atom stereocenters. The van der Waals surface area contributed by atoms with Crippen LogP contribution in [0, 0.1) is 5.92 Å². The third-order valence-electron chi connectivity index (χ3n) is 3.66. The molecule has 100 valence electrons. The number of aromatic nitrogens is 3. The van der Waals surface area contributed by atoms with E-state index in [2.05, 4.69) is 10.1 Å². The van der Waals surface area contributed by atoms with Gasteiger partial charge in [0.25, 0.3) is 0 Å². The quantitative estimate of drug-likeness (QED) is 0.832. The van der Waals surface area contributed by atoms with Crippen LogP contribution in [0.5, 0.6) is 0 Å². The molecule has 0 spiro atoms. The van der Waals surface area contributed by atoms with Gasteiger partial charge in [-0.25, -0.2) is 4.98 Å². The summed E-state index contributed by atoms with van der Waals surface area (Å²) < 4.78 is 1.69. The zero-order chi connectivity index (χ0) is 13.0. The van der Waals surface area contributed by atoms with Crippen LogP contribution in [0.25, 0.3) is 0 Å². The van der Waals surface area contributed by atoms with Crippen LogP contribution in [0.2, 0.25) is 0 Å². The van der Waals surface area contributed by atoms with Gasteiger partial charge in [-0.1, -0.05) is 0 Å². The summed E-state index contributed by atoms with van der Waals surface area (Å²) in [6.07, 6.45) is 5.65. The molecule has 1 aromatic rings. The molecule has 1 fully saturated rings. The Balaban J connectivity index is 1.74. The Bertz CT molecular complexity index is 368. The van der Waals surface area contributed by atoms with Crippen LogP contribution < -0.4 is 5.73 Å². The highest BCUT2D eigenvalue weighted by Gasteiger charge is 2.24. The highest BCUT2D eigenvalue weighted by Crippen LogP contribution is 2.19. The van der Waals surface area contributed by atoms with Gasteiger partial charge in [0, 0.05) is 25.6 Å². The molecular weight excluding hydrogens is 230 g/mol. The number of carbonyl (C=O) groups is 1. The molecular formula is C12H21N5O. The molecule has 1 aliphatic rings. The highest BCUT2D eigenvalue weighted by atomic mass is 16.2. The van der Waals surface area contributed by atoms with Crippen molar-refractivity contribution in [3.05, 3.63) is 12.7 Å². The van der Waals surface area contributed by atoms with Gasteiger partial charge in [-0.15, -0.1) is 0 Å². The van der Waals surface area contributed by atoms with Gasteiger partial charge in [0.1, 0.15) is 12.7 Å². The number of nitrogens with two attached hydrogens (primary N) is 1. The van der Waals surface area contributed by atoms with Gasteiger partial charge in [-0.3, -0.25) is 9.48 Å². The number of likely N-dealkylation sites (tertiary alicyclic amines) is 1. The minimum absolute atomic E-state index is 0.202. The maximum atomic E-state index is 12.0. The van der Waals surface area contributed by atoms with Crippen LogP contribution >= 0.6 is 0 Å². The van der Waals surface area contributed by atoms with E-state index in [1.165, 1.54) is 6.33 Å². The van der Waals surface area contributed by atoms with Crippen molar-refractivity contribution in [2.45, 2.75) is 38.8 Å². The standard InChI is InChI=1S/C12H21N5O/c1-10(13)11-2-5-16(6-3-11)12(18)4-7-17-9-14-8-15-17/h8-11H,2-7,13H2,1H3. The Hall–Kier alpha value is -1.43. The lowest BCUT2D eigenvalue weighted by atomic mass is 9.91. The van der Waals surface area contributed by atoms with Crippen molar-refractivity contribution >= 4 is 5.91 Å². The van der Waals surface area contributed by atoms with Crippen LogP contribution in [0.4, 0.5) is 0 Å². The van der Waals surface area contributed by atoms with Crippen LogP contribution in [0.3, 0.4) is 0 Å². The number of hydrogen-bond donors (Lipinski definition) is 1. The molecule has 18 heavy (non-hydrogen) atoms. The van der Waals surface area contributed by atoms with Crippen molar-refractivity contribution in [1.29, 1.82) is 0 Å². The molecule has 0 radical (unpaired) electrons. The zero-order valence-corrected chi connectivity index (χ0v) is 10.8. The summed E-state index contributed by atoms with van der Waals surface area (Å²) in [7, 11) is 0. The first kappa shape index (κ1) is 13.0. The van der Waals surface area contributed by atoms with E-state index in [4.69, 9.17) is 5.73 Å². The summed E-state index contributed by atoms with van der Waals surface area (Å²) in [5.41, 5.74) is 5.89. The van der Waals surface area contributed by atoms with Crippen molar-refractivity contribution in [1.82, 2.24) is 19.7 Å². The fraction of sp³-hybridized carbons (Fsp3) is 0.750. The second-order valence-electron chi connectivity index (χ2n) is 4.99. The molecule has 2 N–H and O–H groups in total. The predicted molar refractivity (Wildman–Crippen MR) is 67.6 cm³/mol. The van der Waals surface area contributed by atoms with Gasteiger partial charge >= 0.3 is 0 Å². The Labute approximate surface area is 107 Å². The van der Waals surface area contributed by atoms with E-state index in [1.54, 1.807) is 11.0 Å². The molecule has 1 aromatic heterocycles. The lowest BCUT2D eigenvalue weighted by Crippen LogP contribution is -2.42. The molecule has 1 atom stereocenters. The van der Waals surface area contributed by atoms with Crippen molar-refractivity contribution < 1.29 is 4.79 Å². The van der Waals surface area contributed by atoms with E-state index in [-0.39, 0.29) is 11.9 Å².